The van der Waals surface area contributed by atoms with Gasteiger partial charge >= 0.3 is 5.97 Å². The van der Waals surface area contributed by atoms with E-state index in [9.17, 15) is 4.79 Å². The molecular weight excluding hydrogens is 456 g/mol. The van der Waals surface area contributed by atoms with Gasteiger partial charge in [-0.25, -0.2) is 4.79 Å². The molecule has 4 rings (SSSR count). The first kappa shape index (κ1) is 26.0. The zero-order valence-corrected chi connectivity index (χ0v) is 20.9. The molecule has 1 saturated heterocycles. The number of esters is 1. The lowest BCUT2D eigenvalue weighted by molar-refractivity contribution is -0.201. The molecule has 0 radical (unpaired) electrons. The Balaban J connectivity index is 1.59. The van der Waals surface area contributed by atoms with Gasteiger partial charge in [0.15, 0.2) is 5.60 Å². The molecule has 0 saturated carbocycles. The summed E-state index contributed by atoms with van der Waals surface area (Å²) < 4.78 is 30.8. The van der Waals surface area contributed by atoms with E-state index in [-0.39, 0.29) is 6.61 Å². The van der Waals surface area contributed by atoms with Gasteiger partial charge < -0.3 is 23.7 Å². The second-order valence-corrected chi connectivity index (χ2v) is 8.92. The molecule has 0 amide bonds. The van der Waals surface area contributed by atoms with Crippen LogP contribution in [0.5, 0.6) is 0 Å². The van der Waals surface area contributed by atoms with Crippen molar-refractivity contribution in [3.8, 4) is 0 Å². The number of rotatable bonds is 12. The van der Waals surface area contributed by atoms with E-state index in [1.807, 2.05) is 85.8 Å². The third-order valence-electron chi connectivity index (χ3n) is 6.33. The molecule has 1 aliphatic heterocycles. The summed E-state index contributed by atoms with van der Waals surface area (Å²) >= 11 is 0. The SMILES string of the molecule is CCCC1(OC(=O)c2ccccc2)C(OC)OC(COCc2ccccc2)C1OCc1ccccc1. The molecule has 1 fully saturated rings. The predicted molar refractivity (Wildman–Crippen MR) is 136 cm³/mol. The summed E-state index contributed by atoms with van der Waals surface area (Å²) in [5, 5.41) is 0. The van der Waals surface area contributed by atoms with E-state index in [2.05, 4.69) is 0 Å². The third-order valence-corrected chi connectivity index (χ3v) is 6.33. The first-order valence-electron chi connectivity index (χ1n) is 12.4. The third kappa shape index (κ3) is 6.20. The van der Waals surface area contributed by atoms with Gasteiger partial charge in [0.25, 0.3) is 0 Å². The van der Waals surface area contributed by atoms with Crippen LogP contribution in [0.25, 0.3) is 0 Å². The van der Waals surface area contributed by atoms with Crippen LogP contribution in [0.4, 0.5) is 0 Å². The van der Waals surface area contributed by atoms with Crippen molar-refractivity contribution >= 4 is 5.97 Å². The van der Waals surface area contributed by atoms with Gasteiger partial charge in [0, 0.05) is 7.11 Å². The highest BCUT2D eigenvalue weighted by molar-refractivity contribution is 5.89. The van der Waals surface area contributed by atoms with Crippen molar-refractivity contribution in [3.05, 3.63) is 108 Å². The lowest BCUT2D eigenvalue weighted by Crippen LogP contribution is -2.54. The molecule has 0 aliphatic carbocycles. The molecule has 3 aromatic carbocycles. The van der Waals surface area contributed by atoms with E-state index in [0.29, 0.717) is 25.2 Å². The van der Waals surface area contributed by atoms with Crippen LogP contribution >= 0.6 is 0 Å². The van der Waals surface area contributed by atoms with Crippen molar-refractivity contribution in [1.29, 1.82) is 0 Å². The van der Waals surface area contributed by atoms with Crippen molar-refractivity contribution < 1.29 is 28.5 Å². The van der Waals surface area contributed by atoms with E-state index < -0.39 is 30.1 Å². The van der Waals surface area contributed by atoms with Crippen molar-refractivity contribution in [1.82, 2.24) is 0 Å². The first-order valence-corrected chi connectivity index (χ1v) is 12.4. The van der Waals surface area contributed by atoms with Crippen LogP contribution in [0.3, 0.4) is 0 Å². The van der Waals surface area contributed by atoms with Gasteiger partial charge in [0.05, 0.1) is 25.4 Å². The summed E-state index contributed by atoms with van der Waals surface area (Å²) in [6, 6.07) is 28.8. The first-order chi connectivity index (χ1) is 17.7. The predicted octanol–water partition coefficient (Wildman–Crippen LogP) is 5.56. The van der Waals surface area contributed by atoms with Gasteiger partial charge in [-0.3, -0.25) is 0 Å². The fourth-order valence-corrected chi connectivity index (χ4v) is 4.67. The zero-order chi connectivity index (χ0) is 25.2. The van der Waals surface area contributed by atoms with Crippen LogP contribution in [-0.4, -0.2) is 43.8 Å². The lowest BCUT2D eigenvalue weighted by atomic mass is 9.89. The molecule has 6 heteroatoms. The Kier molecular flexibility index (Phi) is 9.25. The van der Waals surface area contributed by atoms with Crippen LogP contribution in [0, 0.1) is 0 Å². The maximum Gasteiger partial charge on any atom is 0.338 e. The van der Waals surface area contributed by atoms with Crippen LogP contribution in [0.2, 0.25) is 0 Å². The summed E-state index contributed by atoms with van der Waals surface area (Å²) in [4.78, 5) is 13.2. The van der Waals surface area contributed by atoms with Crippen molar-refractivity contribution in [2.45, 2.75) is 57.1 Å². The van der Waals surface area contributed by atoms with Crippen LogP contribution in [-0.2, 0) is 36.9 Å². The van der Waals surface area contributed by atoms with Gasteiger partial charge in [-0.2, -0.15) is 0 Å². The highest BCUT2D eigenvalue weighted by Crippen LogP contribution is 2.42. The van der Waals surface area contributed by atoms with E-state index >= 15 is 0 Å². The molecular formula is C30H34O6. The summed E-state index contributed by atoms with van der Waals surface area (Å²) in [6.07, 6.45) is -0.618. The lowest BCUT2D eigenvalue weighted by Gasteiger charge is -2.37. The molecule has 1 heterocycles. The largest absolute Gasteiger partial charge is 0.447 e. The second kappa shape index (κ2) is 12.8. The Morgan fingerprint density at radius 1 is 0.861 bits per heavy atom. The monoisotopic (exact) mass is 490 g/mol. The minimum absolute atomic E-state index is 0.266. The Hall–Kier alpha value is -3.03. The number of ether oxygens (including phenoxy) is 5. The summed E-state index contributed by atoms with van der Waals surface area (Å²) in [6.45, 7) is 3.09. The molecule has 0 bridgehead atoms. The van der Waals surface area contributed by atoms with E-state index in [0.717, 1.165) is 17.5 Å². The number of hydrogen-bond donors (Lipinski definition) is 0. The van der Waals surface area contributed by atoms with Gasteiger partial charge in [-0.15, -0.1) is 0 Å². The molecule has 3 aromatic rings. The minimum atomic E-state index is -1.13. The van der Waals surface area contributed by atoms with Crippen LogP contribution in [0.15, 0.2) is 91.0 Å². The van der Waals surface area contributed by atoms with Crippen molar-refractivity contribution in [2.75, 3.05) is 13.7 Å². The number of carbonyl (C=O) groups is 1. The van der Waals surface area contributed by atoms with Gasteiger partial charge in [0.2, 0.25) is 6.29 Å². The Bertz CT molecular complexity index is 1060. The Morgan fingerprint density at radius 3 is 2.03 bits per heavy atom. The van der Waals surface area contributed by atoms with E-state index in [1.165, 1.54) is 0 Å². The molecule has 0 N–H and O–H groups in total. The fourth-order valence-electron chi connectivity index (χ4n) is 4.67. The van der Waals surface area contributed by atoms with Gasteiger partial charge in [-0.05, 0) is 29.7 Å². The Morgan fingerprint density at radius 2 is 1.44 bits per heavy atom. The minimum Gasteiger partial charge on any atom is -0.447 e. The molecule has 0 spiro atoms. The molecule has 4 atom stereocenters. The summed E-state index contributed by atoms with van der Waals surface area (Å²) in [5.41, 5.74) is 1.41. The summed E-state index contributed by atoms with van der Waals surface area (Å²) in [5.74, 6) is -0.436. The normalized spacial score (nSPS) is 23.4. The second-order valence-electron chi connectivity index (χ2n) is 8.92. The number of carbonyl (C=O) groups excluding carboxylic acids is 1. The standard InChI is InChI=1S/C30H34O6/c1-3-19-30(36-28(31)25-17-11-6-12-18-25)27(34-21-24-15-9-5-10-16-24)26(35-29(30)32-2)22-33-20-23-13-7-4-8-14-23/h4-18,26-27,29H,3,19-22H2,1-2H3. The Labute approximate surface area is 213 Å². The van der Waals surface area contributed by atoms with Crippen LogP contribution < -0.4 is 0 Å². The smallest absolute Gasteiger partial charge is 0.338 e. The van der Waals surface area contributed by atoms with Gasteiger partial charge in [-0.1, -0.05) is 92.2 Å². The molecule has 190 valence electrons. The maximum atomic E-state index is 13.2. The highest BCUT2D eigenvalue weighted by atomic mass is 16.7. The van der Waals surface area contributed by atoms with Crippen molar-refractivity contribution in [2.24, 2.45) is 0 Å². The fraction of sp³-hybridized carbons (Fsp3) is 0.367. The average Bonchev–Trinajstić information content (AvgIpc) is 3.20. The number of benzene rings is 3. The zero-order valence-electron chi connectivity index (χ0n) is 20.9. The number of methoxy groups -OCH3 is 1. The average molecular weight is 491 g/mol. The summed E-state index contributed by atoms with van der Waals surface area (Å²) in [7, 11) is 1.56. The van der Waals surface area contributed by atoms with Crippen LogP contribution in [0.1, 0.15) is 41.3 Å². The van der Waals surface area contributed by atoms with Crippen molar-refractivity contribution in [3.63, 3.8) is 0 Å². The number of hydrogen-bond acceptors (Lipinski definition) is 6. The van der Waals surface area contributed by atoms with Gasteiger partial charge in [0.1, 0.15) is 12.2 Å². The quantitative estimate of drug-likeness (QED) is 0.310. The highest BCUT2D eigenvalue weighted by Gasteiger charge is 2.60. The molecule has 36 heavy (non-hydrogen) atoms. The van der Waals surface area contributed by atoms with E-state index in [4.69, 9.17) is 23.7 Å². The molecule has 0 aromatic heterocycles. The molecule has 6 nitrogen and oxygen atoms in total. The molecule has 1 aliphatic rings. The van der Waals surface area contributed by atoms with E-state index in [1.54, 1.807) is 19.2 Å². The maximum absolute atomic E-state index is 13.2. The topological polar surface area (TPSA) is 63.2 Å². The molecule has 4 unspecified atom stereocenters.